The summed E-state index contributed by atoms with van der Waals surface area (Å²) in [6.07, 6.45) is 1.39. The zero-order valence-corrected chi connectivity index (χ0v) is 9.05. The molecule has 0 aliphatic heterocycles. The molecular weight excluding hydrogens is 250 g/mol. The summed E-state index contributed by atoms with van der Waals surface area (Å²) >= 11 is 5.78. The maximum atomic E-state index is 13.4. The Morgan fingerprint density at radius 3 is 2.76 bits per heavy atom. The molecule has 0 saturated carbocycles. The van der Waals surface area contributed by atoms with E-state index in [0.717, 1.165) is 6.07 Å². The molecule has 0 amide bonds. The van der Waals surface area contributed by atoms with Crippen molar-refractivity contribution in [2.75, 3.05) is 0 Å². The Hall–Kier alpha value is -1.88. The lowest BCUT2D eigenvalue weighted by Gasteiger charge is -1.91. The van der Waals surface area contributed by atoms with Crippen LogP contribution in [0.4, 0.5) is 8.78 Å². The van der Waals surface area contributed by atoms with Crippen molar-refractivity contribution in [3.8, 4) is 11.4 Å². The minimum absolute atomic E-state index is 0.0581. The fourth-order valence-electron chi connectivity index (χ4n) is 1.61. The zero-order valence-electron chi connectivity index (χ0n) is 8.30. The lowest BCUT2D eigenvalue weighted by molar-refractivity contribution is 0.515. The van der Waals surface area contributed by atoms with Crippen molar-refractivity contribution >= 4 is 22.6 Å². The summed E-state index contributed by atoms with van der Waals surface area (Å²) < 4.78 is 31.4. The van der Waals surface area contributed by atoms with Crippen molar-refractivity contribution in [3.63, 3.8) is 0 Å². The summed E-state index contributed by atoms with van der Waals surface area (Å²) in [5.41, 5.74) is 0.844. The Labute approximate surface area is 99.0 Å². The number of imidazole rings is 1. The molecule has 17 heavy (non-hydrogen) atoms. The van der Waals surface area contributed by atoms with E-state index in [2.05, 4.69) is 9.97 Å². The lowest BCUT2D eigenvalue weighted by Crippen LogP contribution is -1.84. The Morgan fingerprint density at radius 1 is 1.24 bits per heavy atom. The van der Waals surface area contributed by atoms with Gasteiger partial charge in [0.25, 0.3) is 0 Å². The second-order valence-electron chi connectivity index (χ2n) is 3.45. The minimum Gasteiger partial charge on any atom is -0.452 e. The Balaban J connectivity index is 2.27. The molecule has 0 saturated heterocycles. The second kappa shape index (κ2) is 3.56. The van der Waals surface area contributed by atoms with Crippen LogP contribution in [-0.4, -0.2) is 9.97 Å². The maximum absolute atomic E-state index is 13.4. The molecule has 1 aromatic carbocycles. The first-order valence-electron chi connectivity index (χ1n) is 4.74. The number of nitrogens with zero attached hydrogens (tertiary/aromatic N) is 1. The van der Waals surface area contributed by atoms with Gasteiger partial charge in [0.05, 0.1) is 17.3 Å². The molecule has 0 fully saturated rings. The third-order valence-electron chi connectivity index (χ3n) is 2.42. The van der Waals surface area contributed by atoms with Gasteiger partial charge in [0.2, 0.25) is 5.22 Å². The third kappa shape index (κ3) is 1.51. The molecule has 0 radical (unpaired) electrons. The van der Waals surface area contributed by atoms with Gasteiger partial charge in [0, 0.05) is 0 Å². The molecule has 3 rings (SSSR count). The van der Waals surface area contributed by atoms with Gasteiger partial charge >= 0.3 is 0 Å². The molecule has 0 spiro atoms. The standard InChI is InChI=1S/C11H5ClF2N2O/c12-10-5(3-4-17-10)11-15-7-2-1-6(13)8(14)9(7)16-11/h1-4H,(H,15,16). The van der Waals surface area contributed by atoms with E-state index in [1.165, 1.54) is 12.3 Å². The van der Waals surface area contributed by atoms with Crippen LogP contribution < -0.4 is 0 Å². The number of rotatable bonds is 1. The highest BCUT2D eigenvalue weighted by molar-refractivity contribution is 6.31. The monoisotopic (exact) mass is 254 g/mol. The molecule has 1 N–H and O–H groups in total. The van der Waals surface area contributed by atoms with Crippen molar-refractivity contribution in [2.45, 2.75) is 0 Å². The van der Waals surface area contributed by atoms with Gasteiger partial charge < -0.3 is 9.40 Å². The molecule has 3 nitrogen and oxygen atoms in total. The molecule has 2 heterocycles. The number of nitrogens with one attached hydrogen (secondary N) is 1. The van der Waals surface area contributed by atoms with E-state index >= 15 is 0 Å². The van der Waals surface area contributed by atoms with E-state index in [1.807, 2.05) is 0 Å². The van der Waals surface area contributed by atoms with Crippen molar-refractivity contribution in [1.82, 2.24) is 9.97 Å². The lowest BCUT2D eigenvalue weighted by atomic mass is 10.3. The predicted molar refractivity (Wildman–Crippen MR) is 58.7 cm³/mol. The van der Waals surface area contributed by atoms with E-state index < -0.39 is 11.6 Å². The second-order valence-corrected chi connectivity index (χ2v) is 3.79. The van der Waals surface area contributed by atoms with Crippen LogP contribution in [0.25, 0.3) is 22.4 Å². The van der Waals surface area contributed by atoms with Gasteiger partial charge in [-0.3, -0.25) is 0 Å². The molecule has 0 atom stereocenters. The van der Waals surface area contributed by atoms with Crippen molar-refractivity contribution in [2.24, 2.45) is 0 Å². The number of aromatic amines is 1. The smallest absolute Gasteiger partial charge is 0.203 e. The van der Waals surface area contributed by atoms with Crippen LogP contribution in [0.3, 0.4) is 0 Å². The molecule has 86 valence electrons. The first kappa shape index (κ1) is 10.3. The van der Waals surface area contributed by atoms with Gasteiger partial charge in [0.1, 0.15) is 11.3 Å². The van der Waals surface area contributed by atoms with Gasteiger partial charge in [0.15, 0.2) is 11.6 Å². The number of fused-ring (bicyclic) bond motifs is 1. The van der Waals surface area contributed by atoms with Gasteiger partial charge in [-0.2, -0.15) is 0 Å². The SMILES string of the molecule is Fc1ccc2[nH]c(-c3ccoc3Cl)nc2c1F. The average molecular weight is 255 g/mol. The predicted octanol–water partition coefficient (Wildman–Crippen LogP) is 3.75. The third-order valence-corrected chi connectivity index (χ3v) is 2.71. The highest BCUT2D eigenvalue weighted by atomic mass is 35.5. The summed E-state index contributed by atoms with van der Waals surface area (Å²) in [6, 6.07) is 4.04. The van der Waals surface area contributed by atoms with Crippen LogP contribution >= 0.6 is 11.6 Å². The number of aromatic nitrogens is 2. The molecule has 0 bridgehead atoms. The number of hydrogen-bond donors (Lipinski definition) is 1. The molecule has 6 heteroatoms. The number of hydrogen-bond acceptors (Lipinski definition) is 2. The highest BCUT2D eigenvalue weighted by Gasteiger charge is 2.15. The highest BCUT2D eigenvalue weighted by Crippen LogP contribution is 2.29. The quantitative estimate of drug-likeness (QED) is 0.718. The first-order chi connectivity index (χ1) is 8.16. The van der Waals surface area contributed by atoms with Crippen molar-refractivity contribution in [1.29, 1.82) is 0 Å². The van der Waals surface area contributed by atoms with E-state index in [1.54, 1.807) is 6.07 Å². The van der Waals surface area contributed by atoms with Gasteiger partial charge in [-0.15, -0.1) is 0 Å². The average Bonchev–Trinajstić information content (AvgIpc) is 2.89. The van der Waals surface area contributed by atoms with Crippen LogP contribution in [0, 0.1) is 11.6 Å². The molecule has 0 aliphatic rings. The number of furan rings is 1. The summed E-state index contributed by atoms with van der Waals surface area (Å²) in [4.78, 5) is 6.81. The van der Waals surface area contributed by atoms with E-state index in [4.69, 9.17) is 16.0 Å². The van der Waals surface area contributed by atoms with Crippen molar-refractivity contribution < 1.29 is 13.2 Å². The van der Waals surface area contributed by atoms with E-state index in [9.17, 15) is 8.78 Å². The number of benzene rings is 1. The van der Waals surface area contributed by atoms with Crippen LogP contribution in [0.5, 0.6) is 0 Å². The molecule has 3 aromatic rings. The maximum Gasteiger partial charge on any atom is 0.203 e. The number of H-pyrrole nitrogens is 1. The van der Waals surface area contributed by atoms with Gasteiger partial charge in [-0.25, -0.2) is 13.8 Å². The largest absolute Gasteiger partial charge is 0.452 e. The molecule has 0 aliphatic carbocycles. The van der Waals surface area contributed by atoms with Crippen LogP contribution in [0.15, 0.2) is 28.9 Å². The first-order valence-corrected chi connectivity index (χ1v) is 5.11. The van der Waals surface area contributed by atoms with E-state index in [-0.39, 0.29) is 10.7 Å². The summed E-state index contributed by atoms with van der Waals surface area (Å²) in [5.74, 6) is -1.58. The fourth-order valence-corrected chi connectivity index (χ4v) is 1.81. The topological polar surface area (TPSA) is 41.8 Å². The minimum atomic E-state index is -0.982. The van der Waals surface area contributed by atoms with E-state index in [0.29, 0.717) is 16.9 Å². The Kier molecular flexibility index (Phi) is 2.16. The Bertz CT molecular complexity index is 705. The van der Waals surface area contributed by atoms with Crippen LogP contribution in [-0.2, 0) is 0 Å². The van der Waals surface area contributed by atoms with Gasteiger partial charge in [-0.1, -0.05) is 0 Å². The summed E-state index contributed by atoms with van der Waals surface area (Å²) in [6.45, 7) is 0. The zero-order chi connectivity index (χ0) is 12.0. The fraction of sp³-hybridized carbons (Fsp3) is 0. The normalized spacial score (nSPS) is 11.2. The summed E-state index contributed by atoms with van der Waals surface area (Å²) in [5, 5.41) is 0.143. The summed E-state index contributed by atoms with van der Waals surface area (Å²) in [7, 11) is 0. The number of halogens is 3. The molecule has 2 aromatic heterocycles. The molecule has 0 unspecified atom stereocenters. The van der Waals surface area contributed by atoms with Crippen molar-refractivity contribution in [3.05, 3.63) is 41.3 Å². The van der Waals surface area contributed by atoms with Crippen LogP contribution in [0.2, 0.25) is 5.22 Å². The van der Waals surface area contributed by atoms with Crippen LogP contribution in [0.1, 0.15) is 0 Å². The van der Waals surface area contributed by atoms with Gasteiger partial charge in [-0.05, 0) is 29.8 Å². The molecular formula is C11H5ClF2N2O. The Morgan fingerprint density at radius 2 is 2.06 bits per heavy atom.